The highest BCUT2D eigenvalue weighted by atomic mass is 32.2. The van der Waals surface area contributed by atoms with Crippen molar-refractivity contribution in [1.29, 1.82) is 0 Å². The zero-order chi connectivity index (χ0) is 11.0. The van der Waals surface area contributed by atoms with Crippen LogP contribution in [0.1, 0.15) is 18.4 Å². The highest BCUT2D eigenvalue weighted by Gasteiger charge is 2.25. The first-order chi connectivity index (χ1) is 7.81. The first-order valence-corrected chi connectivity index (χ1v) is 7.05. The van der Waals surface area contributed by atoms with Crippen LogP contribution in [-0.4, -0.2) is 18.3 Å². The van der Waals surface area contributed by atoms with Crippen LogP contribution in [0, 0.1) is 5.92 Å². The lowest BCUT2D eigenvalue weighted by molar-refractivity contribution is 0.264. The smallest absolute Gasteiger partial charge is 0.0481 e. The summed E-state index contributed by atoms with van der Waals surface area (Å²) in [7, 11) is 0. The number of benzene rings is 1. The van der Waals surface area contributed by atoms with E-state index in [9.17, 15) is 0 Å². The Hall–Kier alpha value is -0.670. The molecule has 1 saturated carbocycles. The van der Waals surface area contributed by atoms with Crippen LogP contribution in [0.25, 0.3) is 0 Å². The molecule has 1 aromatic rings. The van der Waals surface area contributed by atoms with Crippen molar-refractivity contribution < 1.29 is 0 Å². The highest BCUT2D eigenvalue weighted by molar-refractivity contribution is 7.99. The maximum Gasteiger partial charge on any atom is 0.0481 e. The van der Waals surface area contributed by atoms with Crippen molar-refractivity contribution in [2.24, 2.45) is 11.7 Å². The number of hydrogen-bond acceptors (Lipinski definition) is 3. The van der Waals surface area contributed by atoms with E-state index >= 15 is 0 Å². The summed E-state index contributed by atoms with van der Waals surface area (Å²) < 4.78 is 0. The molecule has 2 nitrogen and oxygen atoms in total. The van der Waals surface area contributed by atoms with Gasteiger partial charge >= 0.3 is 0 Å². The summed E-state index contributed by atoms with van der Waals surface area (Å²) in [6.07, 6.45) is 3.62. The number of anilines is 1. The number of nitrogens with one attached hydrogen (secondary N) is 1. The lowest BCUT2D eigenvalue weighted by Crippen LogP contribution is -2.37. The van der Waals surface area contributed by atoms with Crippen molar-refractivity contribution in [2.75, 3.05) is 17.6 Å². The van der Waals surface area contributed by atoms with Crippen molar-refractivity contribution in [3.63, 3.8) is 0 Å². The standard InChI is InChI=1S/C13H18N2S/c14-11-6-10(7-11)5-9-1-2-13-12(8-9)15-3-4-16-13/h1-2,8,10-11,15H,3-7,14H2. The minimum atomic E-state index is 0.469. The molecule has 0 unspecified atom stereocenters. The maximum absolute atomic E-state index is 5.82. The lowest BCUT2D eigenvalue weighted by atomic mass is 9.77. The molecule has 86 valence electrons. The van der Waals surface area contributed by atoms with Gasteiger partial charge in [-0.05, 0) is 42.9 Å². The zero-order valence-corrected chi connectivity index (χ0v) is 10.2. The van der Waals surface area contributed by atoms with Crippen LogP contribution in [0.15, 0.2) is 23.1 Å². The first-order valence-electron chi connectivity index (χ1n) is 6.06. The average molecular weight is 234 g/mol. The van der Waals surface area contributed by atoms with Crippen LogP contribution >= 0.6 is 11.8 Å². The fourth-order valence-electron chi connectivity index (χ4n) is 2.60. The fraction of sp³-hybridized carbons (Fsp3) is 0.538. The van der Waals surface area contributed by atoms with Crippen LogP contribution in [-0.2, 0) is 6.42 Å². The van der Waals surface area contributed by atoms with Gasteiger partial charge in [-0.2, -0.15) is 0 Å². The Labute approximate surface area is 101 Å². The molecule has 1 aliphatic heterocycles. The van der Waals surface area contributed by atoms with E-state index in [0.717, 1.165) is 12.5 Å². The molecule has 0 bridgehead atoms. The number of rotatable bonds is 2. The van der Waals surface area contributed by atoms with E-state index in [-0.39, 0.29) is 0 Å². The molecule has 3 rings (SSSR count). The molecule has 1 aromatic carbocycles. The van der Waals surface area contributed by atoms with Crippen LogP contribution in [0.2, 0.25) is 0 Å². The van der Waals surface area contributed by atoms with Gasteiger partial charge in [-0.25, -0.2) is 0 Å². The van der Waals surface area contributed by atoms with E-state index in [1.54, 1.807) is 0 Å². The number of hydrogen-bond donors (Lipinski definition) is 2. The van der Waals surface area contributed by atoms with Gasteiger partial charge in [-0.15, -0.1) is 11.8 Å². The Balaban J connectivity index is 1.71. The molecule has 1 aliphatic carbocycles. The summed E-state index contributed by atoms with van der Waals surface area (Å²) in [5.41, 5.74) is 8.61. The van der Waals surface area contributed by atoms with Gasteiger partial charge < -0.3 is 11.1 Å². The summed E-state index contributed by atoms with van der Waals surface area (Å²) in [6, 6.07) is 7.34. The number of nitrogens with two attached hydrogens (primary N) is 1. The highest BCUT2D eigenvalue weighted by Crippen LogP contribution is 2.34. The molecule has 0 saturated heterocycles. The van der Waals surface area contributed by atoms with Gasteiger partial charge in [0.1, 0.15) is 0 Å². The average Bonchev–Trinajstić information content (AvgIpc) is 2.27. The van der Waals surface area contributed by atoms with Gasteiger partial charge in [-0.1, -0.05) is 6.07 Å². The van der Waals surface area contributed by atoms with Gasteiger partial charge in [0.15, 0.2) is 0 Å². The molecule has 1 heterocycles. The SMILES string of the molecule is NC1CC(Cc2ccc3c(c2)NCCS3)C1. The van der Waals surface area contributed by atoms with Gasteiger partial charge in [0.25, 0.3) is 0 Å². The van der Waals surface area contributed by atoms with Gasteiger partial charge in [0.05, 0.1) is 0 Å². The minimum absolute atomic E-state index is 0.469. The van der Waals surface area contributed by atoms with E-state index in [2.05, 4.69) is 23.5 Å². The third-order valence-corrected chi connectivity index (χ3v) is 4.59. The van der Waals surface area contributed by atoms with E-state index in [1.165, 1.54) is 41.2 Å². The number of fused-ring (bicyclic) bond motifs is 1. The summed E-state index contributed by atoms with van der Waals surface area (Å²) in [4.78, 5) is 1.40. The molecule has 0 amide bonds. The predicted octanol–water partition coefficient (Wildman–Crippen LogP) is 2.48. The predicted molar refractivity (Wildman–Crippen MR) is 70.1 cm³/mol. The summed E-state index contributed by atoms with van der Waals surface area (Å²) in [6.45, 7) is 1.09. The third-order valence-electron chi connectivity index (χ3n) is 3.52. The van der Waals surface area contributed by atoms with Crippen molar-refractivity contribution in [3.8, 4) is 0 Å². The Morgan fingerprint density at radius 2 is 2.25 bits per heavy atom. The minimum Gasteiger partial charge on any atom is -0.383 e. The molecular formula is C13H18N2S. The van der Waals surface area contributed by atoms with Gasteiger partial charge in [0.2, 0.25) is 0 Å². The van der Waals surface area contributed by atoms with E-state index in [1.807, 2.05) is 11.8 Å². The summed E-state index contributed by atoms with van der Waals surface area (Å²) >= 11 is 1.95. The largest absolute Gasteiger partial charge is 0.383 e. The second-order valence-electron chi connectivity index (χ2n) is 4.91. The van der Waals surface area contributed by atoms with E-state index < -0.39 is 0 Å². The molecule has 0 spiro atoms. The van der Waals surface area contributed by atoms with Crippen LogP contribution in [0.5, 0.6) is 0 Å². The van der Waals surface area contributed by atoms with Gasteiger partial charge in [-0.3, -0.25) is 0 Å². The monoisotopic (exact) mass is 234 g/mol. The zero-order valence-electron chi connectivity index (χ0n) is 9.41. The molecular weight excluding hydrogens is 216 g/mol. The number of thioether (sulfide) groups is 1. The second kappa shape index (κ2) is 4.30. The summed E-state index contributed by atoms with van der Waals surface area (Å²) in [5.74, 6) is 2.01. The molecule has 3 heteroatoms. The first kappa shape index (κ1) is 10.5. The van der Waals surface area contributed by atoms with Gasteiger partial charge in [0, 0.05) is 28.9 Å². The van der Waals surface area contributed by atoms with Crippen LogP contribution < -0.4 is 11.1 Å². The van der Waals surface area contributed by atoms with Crippen molar-refractivity contribution in [2.45, 2.75) is 30.2 Å². The quantitative estimate of drug-likeness (QED) is 0.825. The molecule has 0 radical (unpaired) electrons. The Morgan fingerprint density at radius 3 is 3.06 bits per heavy atom. The second-order valence-corrected chi connectivity index (χ2v) is 6.04. The molecule has 2 aliphatic rings. The fourth-order valence-corrected chi connectivity index (χ4v) is 3.48. The van der Waals surface area contributed by atoms with E-state index in [0.29, 0.717) is 6.04 Å². The van der Waals surface area contributed by atoms with Crippen LogP contribution in [0.4, 0.5) is 5.69 Å². The van der Waals surface area contributed by atoms with Crippen LogP contribution in [0.3, 0.4) is 0 Å². The van der Waals surface area contributed by atoms with Crippen molar-refractivity contribution in [1.82, 2.24) is 0 Å². The molecule has 1 fully saturated rings. The molecule has 16 heavy (non-hydrogen) atoms. The molecule has 3 N–H and O–H groups in total. The van der Waals surface area contributed by atoms with Crippen molar-refractivity contribution in [3.05, 3.63) is 23.8 Å². The Bertz CT molecular complexity index is 386. The Kier molecular flexibility index (Phi) is 2.82. The third kappa shape index (κ3) is 2.06. The molecule has 0 atom stereocenters. The topological polar surface area (TPSA) is 38.0 Å². The Morgan fingerprint density at radius 1 is 1.38 bits per heavy atom. The van der Waals surface area contributed by atoms with Crippen molar-refractivity contribution >= 4 is 17.4 Å². The normalized spacial score (nSPS) is 27.8. The lowest BCUT2D eigenvalue weighted by Gasteiger charge is -2.32. The van der Waals surface area contributed by atoms with E-state index in [4.69, 9.17) is 5.73 Å². The maximum atomic E-state index is 5.82. The molecule has 0 aromatic heterocycles. The summed E-state index contributed by atoms with van der Waals surface area (Å²) in [5, 5.41) is 3.48.